The first-order valence-electron chi connectivity index (χ1n) is 13.3. The molecule has 4 rings (SSSR count). The molecule has 0 aromatic heterocycles. The molecule has 0 aliphatic carbocycles. The highest BCUT2D eigenvalue weighted by Crippen LogP contribution is 2.32. The number of piperazine rings is 1. The Balaban J connectivity index is 1.20. The van der Waals surface area contributed by atoms with Gasteiger partial charge in [-0.25, -0.2) is 4.79 Å². The third-order valence-corrected chi connectivity index (χ3v) is 6.96. The van der Waals surface area contributed by atoms with Gasteiger partial charge in [-0.05, 0) is 58.7 Å². The van der Waals surface area contributed by atoms with Crippen LogP contribution in [0.3, 0.4) is 0 Å². The average Bonchev–Trinajstić information content (AvgIpc) is 3.11. The van der Waals surface area contributed by atoms with Crippen molar-refractivity contribution in [3.05, 3.63) is 29.3 Å². The molecule has 1 atom stereocenters. The van der Waals surface area contributed by atoms with Crippen molar-refractivity contribution >= 4 is 35.4 Å². The van der Waals surface area contributed by atoms with Crippen LogP contribution >= 0.6 is 0 Å². The standard InChI is InChI=1S/C27H37N5O6/c1-27(2,3)38-26(37)31-16-14-30(15-17-31)13-6-4-5-12-28-19-9-7-8-18-22(19)25(36)32(24(18)35)20-10-11-21(33)29-23(20)34/h7-9,20,28H,4-6,10-17H2,1-3H3,(H,29,33,34). The number of imide groups is 2. The topological polar surface area (TPSA) is 128 Å². The fraction of sp³-hybridized carbons (Fsp3) is 0.593. The molecule has 0 saturated carbocycles. The number of benzene rings is 1. The van der Waals surface area contributed by atoms with Crippen LogP contribution in [0.4, 0.5) is 10.5 Å². The highest BCUT2D eigenvalue weighted by Gasteiger charge is 2.45. The van der Waals surface area contributed by atoms with Crippen LogP contribution in [0.5, 0.6) is 0 Å². The Kier molecular flexibility index (Phi) is 8.35. The maximum atomic E-state index is 13.2. The largest absolute Gasteiger partial charge is 0.444 e. The van der Waals surface area contributed by atoms with Gasteiger partial charge in [0, 0.05) is 44.8 Å². The summed E-state index contributed by atoms with van der Waals surface area (Å²) < 4.78 is 5.45. The quantitative estimate of drug-likeness (QED) is 0.389. The third-order valence-electron chi connectivity index (χ3n) is 6.96. The Morgan fingerprint density at radius 3 is 2.45 bits per heavy atom. The average molecular weight is 528 g/mol. The van der Waals surface area contributed by atoms with E-state index in [0.717, 1.165) is 43.8 Å². The molecule has 3 aliphatic rings. The molecule has 1 unspecified atom stereocenters. The fourth-order valence-corrected chi connectivity index (χ4v) is 5.00. The Labute approximate surface area is 222 Å². The number of fused-ring (bicyclic) bond motifs is 1. The second kappa shape index (κ2) is 11.5. The molecule has 0 radical (unpaired) electrons. The number of hydrogen-bond acceptors (Lipinski definition) is 8. The van der Waals surface area contributed by atoms with Crippen molar-refractivity contribution in [2.45, 2.75) is 64.5 Å². The highest BCUT2D eigenvalue weighted by molar-refractivity contribution is 6.25. The predicted molar refractivity (Wildman–Crippen MR) is 140 cm³/mol. The molecule has 1 aromatic carbocycles. The van der Waals surface area contributed by atoms with E-state index in [-0.39, 0.29) is 30.1 Å². The van der Waals surface area contributed by atoms with Crippen molar-refractivity contribution in [1.29, 1.82) is 0 Å². The number of nitrogens with zero attached hydrogens (tertiary/aromatic N) is 3. The third kappa shape index (κ3) is 6.32. The van der Waals surface area contributed by atoms with E-state index in [2.05, 4.69) is 15.5 Å². The van der Waals surface area contributed by atoms with Crippen molar-refractivity contribution < 1.29 is 28.7 Å². The summed E-state index contributed by atoms with van der Waals surface area (Å²) in [7, 11) is 0. The summed E-state index contributed by atoms with van der Waals surface area (Å²) in [6, 6.07) is 4.10. The van der Waals surface area contributed by atoms with Crippen LogP contribution in [0.15, 0.2) is 18.2 Å². The number of carbonyl (C=O) groups excluding carboxylic acids is 5. The van der Waals surface area contributed by atoms with Gasteiger partial charge >= 0.3 is 6.09 Å². The monoisotopic (exact) mass is 527 g/mol. The predicted octanol–water partition coefficient (Wildman–Crippen LogP) is 2.22. The van der Waals surface area contributed by atoms with E-state index in [1.165, 1.54) is 0 Å². The fourth-order valence-electron chi connectivity index (χ4n) is 5.00. The molecule has 2 N–H and O–H groups in total. The first-order valence-corrected chi connectivity index (χ1v) is 13.3. The lowest BCUT2D eigenvalue weighted by atomic mass is 10.0. The normalized spacial score (nSPS) is 20.4. The number of piperidine rings is 1. The molecule has 5 amide bonds. The maximum Gasteiger partial charge on any atom is 0.410 e. The minimum Gasteiger partial charge on any atom is -0.444 e. The van der Waals surface area contributed by atoms with Crippen molar-refractivity contribution in [1.82, 2.24) is 20.0 Å². The van der Waals surface area contributed by atoms with E-state index < -0.39 is 35.3 Å². The zero-order chi connectivity index (χ0) is 27.4. The zero-order valence-corrected chi connectivity index (χ0v) is 22.4. The molecule has 0 bridgehead atoms. The molecular formula is C27H37N5O6. The van der Waals surface area contributed by atoms with Crippen LogP contribution in [-0.4, -0.2) is 95.3 Å². The van der Waals surface area contributed by atoms with Gasteiger partial charge in [0.15, 0.2) is 0 Å². The molecule has 38 heavy (non-hydrogen) atoms. The van der Waals surface area contributed by atoms with Gasteiger partial charge in [0.05, 0.1) is 11.1 Å². The Morgan fingerprint density at radius 1 is 1.03 bits per heavy atom. The second-order valence-corrected chi connectivity index (χ2v) is 11.0. The van der Waals surface area contributed by atoms with Gasteiger partial charge < -0.3 is 15.0 Å². The van der Waals surface area contributed by atoms with Crippen molar-refractivity contribution in [2.24, 2.45) is 0 Å². The SMILES string of the molecule is CC(C)(C)OC(=O)N1CCN(CCCCCNc2cccc3c2C(=O)N(C2CCC(=O)NC2=O)C3=O)CC1. The summed E-state index contributed by atoms with van der Waals surface area (Å²) in [5.41, 5.74) is 0.645. The summed E-state index contributed by atoms with van der Waals surface area (Å²) in [5, 5.41) is 5.50. The van der Waals surface area contributed by atoms with E-state index >= 15 is 0 Å². The van der Waals surface area contributed by atoms with E-state index in [0.29, 0.717) is 25.3 Å². The molecule has 2 saturated heterocycles. The van der Waals surface area contributed by atoms with Crippen molar-refractivity contribution in [3.8, 4) is 0 Å². The number of unbranched alkanes of at least 4 members (excludes halogenated alkanes) is 2. The number of rotatable bonds is 8. The molecule has 3 aliphatic heterocycles. The first kappa shape index (κ1) is 27.6. The molecule has 2 fully saturated rings. The van der Waals surface area contributed by atoms with Gasteiger partial charge in [0.25, 0.3) is 11.8 Å². The summed E-state index contributed by atoms with van der Waals surface area (Å²) in [6.45, 7) is 10.2. The first-order chi connectivity index (χ1) is 18.0. The molecular weight excluding hydrogens is 490 g/mol. The number of ether oxygens (including phenoxy) is 1. The van der Waals surface area contributed by atoms with Gasteiger partial charge in [0.1, 0.15) is 11.6 Å². The van der Waals surface area contributed by atoms with Crippen LogP contribution in [-0.2, 0) is 14.3 Å². The van der Waals surface area contributed by atoms with Gasteiger partial charge in [0.2, 0.25) is 11.8 Å². The van der Waals surface area contributed by atoms with Crippen molar-refractivity contribution in [3.63, 3.8) is 0 Å². The molecule has 206 valence electrons. The van der Waals surface area contributed by atoms with Crippen molar-refractivity contribution in [2.75, 3.05) is 44.6 Å². The second-order valence-electron chi connectivity index (χ2n) is 11.0. The number of nitrogens with one attached hydrogen (secondary N) is 2. The lowest BCUT2D eigenvalue weighted by molar-refractivity contribution is -0.136. The maximum absolute atomic E-state index is 13.2. The molecule has 1 aromatic rings. The number of amides is 5. The lowest BCUT2D eigenvalue weighted by Gasteiger charge is -2.35. The van der Waals surface area contributed by atoms with Crippen LogP contribution < -0.4 is 10.6 Å². The summed E-state index contributed by atoms with van der Waals surface area (Å²) in [4.78, 5) is 67.2. The highest BCUT2D eigenvalue weighted by atomic mass is 16.6. The van der Waals surface area contributed by atoms with Crippen LogP contribution in [0.1, 0.15) is 73.6 Å². The zero-order valence-electron chi connectivity index (χ0n) is 22.4. The van der Waals surface area contributed by atoms with Gasteiger partial charge in [-0.15, -0.1) is 0 Å². The molecule has 0 spiro atoms. The summed E-state index contributed by atoms with van der Waals surface area (Å²) in [5.74, 6) is -2.02. The molecule has 11 heteroatoms. The number of hydrogen-bond donors (Lipinski definition) is 2. The minimum atomic E-state index is -0.973. The minimum absolute atomic E-state index is 0.0916. The smallest absolute Gasteiger partial charge is 0.410 e. The van der Waals surface area contributed by atoms with Gasteiger partial charge in [-0.2, -0.15) is 0 Å². The van der Waals surface area contributed by atoms with Crippen LogP contribution in [0, 0.1) is 0 Å². The van der Waals surface area contributed by atoms with Crippen LogP contribution in [0.25, 0.3) is 0 Å². The molecule has 11 nitrogen and oxygen atoms in total. The van der Waals surface area contributed by atoms with Gasteiger partial charge in [-0.1, -0.05) is 12.5 Å². The van der Waals surface area contributed by atoms with E-state index in [9.17, 15) is 24.0 Å². The molecule has 3 heterocycles. The summed E-state index contributed by atoms with van der Waals surface area (Å²) in [6.07, 6.45) is 2.87. The number of anilines is 1. The Hall–Kier alpha value is -3.47. The number of carbonyl (C=O) groups is 5. The van der Waals surface area contributed by atoms with E-state index in [4.69, 9.17) is 4.74 Å². The van der Waals surface area contributed by atoms with E-state index in [1.54, 1.807) is 23.1 Å². The Bertz CT molecular complexity index is 1110. The summed E-state index contributed by atoms with van der Waals surface area (Å²) >= 11 is 0. The lowest BCUT2D eigenvalue weighted by Crippen LogP contribution is -2.54. The van der Waals surface area contributed by atoms with E-state index in [1.807, 2.05) is 20.8 Å². The van der Waals surface area contributed by atoms with Crippen LogP contribution in [0.2, 0.25) is 0 Å². The Morgan fingerprint density at radius 2 is 1.76 bits per heavy atom. The van der Waals surface area contributed by atoms with Gasteiger partial charge in [-0.3, -0.25) is 34.3 Å².